The molecular formula is C27H29N9O. The van der Waals surface area contributed by atoms with Crippen molar-refractivity contribution in [2.75, 3.05) is 7.05 Å². The Morgan fingerprint density at radius 2 is 1.62 bits per heavy atom. The summed E-state index contributed by atoms with van der Waals surface area (Å²) in [6.07, 6.45) is 14.0. The molecule has 2 heterocycles. The first-order chi connectivity index (χ1) is 18.0. The molecule has 0 fully saturated rings. The lowest BCUT2D eigenvalue weighted by Crippen LogP contribution is -2.19. The van der Waals surface area contributed by atoms with Crippen LogP contribution in [0, 0.1) is 6.92 Å². The predicted octanol–water partition coefficient (Wildman–Crippen LogP) is 3.55. The number of rotatable bonds is 4. The van der Waals surface area contributed by atoms with E-state index in [2.05, 4.69) is 49.9 Å². The highest BCUT2D eigenvalue weighted by Crippen LogP contribution is 2.49. The number of hydrogen-bond acceptors (Lipinski definition) is 8. The van der Waals surface area contributed by atoms with Crippen LogP contribution in [0.3, 0.4) is 0 Å². The van der Waals surface area contributed by atoms with E-state index in [-0.39, 0.29) is 11.7 Å². The molecule has 0 bridgehead atoms. The van der Waals surface area contributed by atoms with Crippen LogP contribution in [0.2, 0.25) is 0 Å². The van der Waals surface area contributed by atoms with E-state index < -0.39 is 0 Å². The Balaban J connectivity index is 1.52. The Labute approximate surface area is 214 Å². The van der Waals surface area contributed by atoms with Crippen LogP contribution in [0.4, 0.5) is 0 Å². The van der Waals surface area contributed by atoms with Gasteiger partial charge < -0.3 is 5.32 Å². The summed E-state index contributed by atoms with van der Waals surface area (Å²) in [6.45, 7) is 4.13. The number of aryl methyl sites for hydroxylation is 1. The predicted molar refractivity (Wildman–Crippen MR) is 140 cm³/mol. The van der Waals surface area contributed by atoms with Gasteiger partial charge >= 0.3 is 0 Å². The number of Topliss-reactive ketones (excluding diaryl/α,β-unsaturated/α-hetero) is 1. The van der Waals surface area contributed by atoms with E-state index in [9.17, 15) is 4.79 Å². The zero-order valence-corrected chi connectivity index (χ0v) is 21.3. The first-order valence-corrected chi connectivity index (χ1v) is 12.7. The molecule has 0 saturated carbocycles. The molecule has 188 valence electrons. The number of benzene rings is 1. The quantitative estimate of drug-likeness (QED) is 0.554. The average Bonchev–Trinajstić information content (AvgIpc) is 3.66. The third-order valence-corrected chi connectivity index (χ3v) is 7.55. The molecule has 10 nitrogen and oxygen atoms in total. The summed E-state index contributed by atoms with van der Waals surface area (Å²) in [7, 11) is 1.88. The first-order valence-electron chi connectivity index (χ1n) is 12.7. The van der Waals surface area contributed by atoms with Gasteiger partial charge in [-0.05, 0) is 75.1 Å². The molecule has 0 radical (unpaired) electrons. The number of nitrogens with one attached hydrogen (secondary N) is 1. The van der Waals surface area contributed by atoms with Gasteiger partial charge in [0.2, 0.25) is 0 Å². The van der Waals surface area contributed by atoms with Crippen molar-refractivity contribution in [3.63, 3.8) is 0 Å². The van der Waals surface area contributed by atoms with Crippen molar-refractivity contribution in [3.05, 3.63) is 82.1 Å². The van der Waals surface area contributed by atoms with E-state index in [1.807, 2.05) is 14.0 Å². The van der Waals surface area contributed by atoms with Gasteiger partial charge in [-0.3, -0.25) is 4.79 Å². The van der Waals surface area contributed by atoms with Crippen LogP contribution in [-0.4, -0.2) is 54.0 Å². The lowest BCUT2D eigenvalue weighted by molar-refractivity contribution is 0.103. The number of aromatic nitrogens is 6. The molecule has 0 amide bonds. The van der Waals surface area contributed by atoms with Gasteiger partial charge in [0.05, 0.1) is 11.4 Å². The maximum Gasteiger partial charge on any atom is 0.192 e. The number of allylic oxidation sites excluding steroid dienone is 4. The molecule has 3 aromatic rings. The van der Waals surface area contributed by atoms with Crippen LogP contribution in [-0.2, 0) is 6.42 Å². The van der Waals surface area contributed by atoms with Crippen molar-refractivity contribution in [2.45, 2.75) is 58.3 Å². The highest BCUT2D eigenvalue weighted by Gasteiger charge is 2.42. The molecule has 1 aromatic carbocycles. The Hall–Kier alpha value is -4.21. The SMILES string of the molecule is CN/C(C)=C1\C(=O)c2c(cc(C)c3c2CCC/C3=N\n2cnnc2)C1C1=C/C(=N/n2cnnc2)CCC1. The fourth-order valence-electron chi connectivity index (χ4n) is 5.97. The van der Waals surface area contributed by atoms with Gasteiger partial charge in [0.1, 0.15) is 25.3 Å². The summed E-state index contributed by atoms with van der Waals surface area (Å²) >= 11 is 0. The average molecular weight is 496 g/mol. The van der Waals surface area contributed by atoms with Gasteiger partial charge in [-0.15, -0.1) is 20.4 Å². The van der Waals surface area contributed by atoms with Crippen LogP contribution < -0.4 is 5.32 Å². The molecule has 1 atom stereocenters. The Morgan fingerprint density at radius 1 is 0.946 bits per heavy atom. The number of nitrogens with zero attached hydrogens (tertiary/aromatic N) is 8. The summed E-state index contributed by atoms with van der Waals surface area (Å²) < 4.78 is 3.27. The molecule has 3 aliphatic carbocycles. The third-order valence-electron chi connectivity index (χ3n) is 7.55. The number of carbonyl (C=O) groups is 1. The molecule has 0 aliphatic heterocycles. The Morgan fingerprint density at radius 3 is 2.32 bits per heavy atom. The van der Waals surface area contributed by atoms with Crippen LogP contribution in [0.5, 0.6) is 0 Å². The van der Waals surface area contributed by atoms with Crippen molar-refractivity contribution < 1.29 is 4.79 Å². The number of hydrogen-bond donors (Lipinski definition) is 1. The second kappa shape index (κ2) is 9.34. The maximum atomic E-state index is 14.2. The zero-order valence-electron chi connectivity index (χ0n) is 21.3. The highest BCUT2D eigenvalue weighted by atomic mass is 16.1. The van der Waals surface area contributed by atoms with E-state index in [4.69, 9.17) is 5.10 Å². The minimum atomic E-state index is -0.0921. The summed E-state index contributed by atoms with van der Waals surface area (Å²) in [4.78, 5) is 14.2. The fraction of sp³-hybridized carbons (Fsp3) is 0.370. The number of ketones is 1. The molecule has 0 saturated heterocycles. The molecule has 37 heavy (non-hydrogen) atoms. The van der Waals surface area contributed by atoms with Crippen LogP contribution in [0.1, 0.15) is 77.6 Å². The van der Waals surface area contributed by atoms with Gasteiger partial charge in [-0.1, -0.05) is 11.6 Å². The van der Waals surface area contributed by atoms with E-state index >= 15 is 0 Å². The van der Waals surface area contributed by atoms with E-state index in [1.165, 1.54) is 5.57 Å². The summed E-state index contributed by atoms with van der Waals surface area (Å²) in [5.41, 5.74) is 10.3. The van der Waals surface area contributed by atoms with Crippen molar-refractivity contribution in [1.29, 1.82) is 0 Å². The van der Waals surface area contributed by atoms with Gasteiger partial charge in [0, 0.05) is 35.4 Å². The minimum absolute atomic E-state index is 0.0921. The van der Waals surface area contributed by atoms with Crippen molar-refractivity contribution >= 4 is 17.2 Å². The topological polar surface area (TPSA) is 115 Å². The number of fused-ring (bicyclic) bond motifs is 3. The van der Waals surface area contributed by atoms with Gasteiger partial charge in [0.15, 0.2) is 5.78 Å². The molecule has 3 aliphatic rings. The molecule has 1 N–H and O–H groups in total. The molecule has 2 aromatic heterocycles. The normalized spacial score (nSPS) is 22.7. The second-order valence-electron chi connectivity index (χ2n) is 9.81. The molecular weight excluding hydrogens is 466 g/mol. The lowest BCUT2D eigenvalue weighted by Gasteiger charge is -2.25. The lowest BCUT2D eigenvalue weighted by atomic mass is 9.79. The van der Waals surface area contributed by atoms with Crippen molar-refractivity contribution in [3.8, 4) is 0 Å². The van der Waals surface area contributed by atoms with Crippen LogP contribution >= 0.6 is 0 Å². The van der Waals surface area contributed by atoms with Gasteiger partial charge in [-0.25, -0.2) is 9.35 Å². The number of carbonyl (C=O) groups excluding carboxylic acids is 1. The van der Waals surface area contributed by atoms with Crippen LogP contribution in [0.15, 0.2) is 64.5 Å². The monoisotopic (exact) mass is 495 g/mol. The van der Waals surface area contributed by atoms with E-state index in [1.54, 1.807) is 34.7 Å². The zero-order chi connectivity index (χ0) is 25.5. The summed E-state index contributed by atoms with van der Waals surface area (Å²) in [5.74, 6) is 0.0305. The molecule has 10 heteroatoms. The Bertz CT molecular complexity index is 1490. The highest BCUT2D eigenvalue weighted by molar-refractivity contribution is 6.19. The van der Waals surface area contributed by atoms with Gasteiger partial charge in [0.25, 0.3) is 0 Å². The first kappa shape index (κ1) is 23.2. The fourth-order valence-corrected chi connectivity index (χ4v) is 5.97. The smallest absolute Gasteiger partial charge is 0.192 e. The largest absolute Gasteiger partial charge is 0.391 e. The molecule has 0 spiro atoms. The summed E-state index contributed by atoms with van der Waals surface area (Å²) in [6, 6.07) is 2.21. The van der Waals surface area contributed by atoms with E-state index in [0.29, 0.717) is 0 Å². The van der Waals surface area contributed by atoms with Crippen LogP contribution in [0.25, 0.3) is 0 Å². The Kier molecular flexibility index (Phi) is 5.86. The van der Waals surface area contributed by atoms with Crippen molar-refractivity contribution in [1.82, 2.24) is 35.1 Å². The van der Waals surface area contributed by atoms with Gasteiger partial charge in [-0.2, -0.15) is 10.2 Å². The molecule has 1 unspecified atom stereocenters. The van der Waals surface area contributed by atoms with Crippen molar-refractivity contribution in [2.24, 2.45) is 10.2 Å². The van der Waals surface area contributed by atoms with E-state index in [0.717, 1.165) is 89.0 Å². The molecule has 6 rings (SSSR count). The third kappa shape index (κ3) is 4.02. The maximum absolute atomic E-state index is 14.2. The summed E-state index contributed by atoms with van der Waals surface area (Å²) in [5, 5.41) is 28.2. The standard InChI is InChI=1S/C27H29N9O/c1-16-10-21-25(18-6-4-7-19(11-18)33-35-12-29-30-13-35)24(17(2)28-3)27(37)26(21)20-8-5-9-22(23(16)20)34-36-14-31-32-15-36/h10-15,25,28H,4-9H2,1-3H3/b24-17-,33-19+,34-22+. The minimum Gasteiger partial charge on any atom is -0.391 e. The second-order valence-corrected chi connectivity index (χ2v) is 9.81.